The minimum absolute atomic E-state index is 0. The van der Waals surface area contributed by atoms with E-state index in [1.165, 1.54) is 70.2 Å². The van der Waals surface area contributed by atoms with Crippen LogP contribution in [0.15, 0.2) is 12.1 Å². The molecule has 12 nitrogen and oxygen atoms in total. The van der Waals surface area contributed by atoms with Crippen LogP contribution in [0.25, 0.3) is 0 Å². The third-order valence-corrected chi connectivity index (χ3v) is 11.6. The Morgan fingerprint density at radius 2 is 1.11 bits per heavy atom. The van der Waals surface area contributed by atoms with Crippen molar-refractivity contribution in [2.75, 3.05) is 36.5 Å². The molecule has 54 heavy (non-hydrogen) atoms. The number of amides is 4. The second-order valence-corrected chi connectivity index (χ2v) is 17.0. The van der Waals surface area contributed by atoms with Crippen molar-refractivity contribution in [2.45, 2.75) is 130 Å². The van der Waals surface area contributed by atoms with Crippen LogP contribution in [0, 0.1) is 5.92 Å². The second kappa shape index (κ2) is 21.9. The SMILES string of the molecule is C=O.CC(C)NCCC=O.CC(CNC(C)C)CS(=O)(=O)NC(=O)Nc1c2c(cc3c1CCC3)CCC2.CNC(=O)Nc1c2c(cc3c1CCC3)CCC2.[HH].[HH].[HH].[HH].[HH].[HH]. The highest BCUT2D eigenvalue weighted by Gasteiger charge is 2.27. The van der Waals surface area contributed by atoms with E-state index in [1.807, 2.05) is 27.6 Å². The third kappa shape index (κ3) is 13.2. The Morgan fingerprint density at radius 1 is 0.704 bits per heavy atom. The number of benzene rings is 2. The molecule has 2 aromatic carbocycles. The van der Waals surface area contributed by atoms with Gasteiger partial charge in [-0.1, -0.05) is 46.8 Å². The lowest BCUT2D eigenvalue weighted by molar-refractivity contribution is -0.107. The summed E-state index contributed by atoms with van der Waals surface area (Å²) in [5.41, 5.74) is 12.7. The van der Waals surface area contributed by atoms with Gasteiger partial charge in [0.05, 0.1) is 5.75 Å². The predicted molar refractivity (Wildman–Crippen MR) is 231 cm³/mol. The Balaban J connectivity index is -0.000000412. The molecule has 0 aliphatic heterocycles. The monoisotopic (exact) mass is 781 g/mol. The van der Waals surface area contributed by atoms with E-state index in [2.05, 4.69) is 57.3 Å². The number of urea groups is 2. The first kappa shape index (κ1) is 44.6. The summed E-state index contributed by atoms with van der Waals surface area (Å²) < 4.78 is 26.9. The van der Waals surface area contributed by atoms with Gasteiger partial charge in [-0.05, 0) is 134 Å². The van der Waals surface area contributed by atoms with Crippen molar-refractivity contribution in [1.29, 1.82) is 0 Å². The Bertz CT molecular complexity index is 1660. The summed E-state index contributed by atoms with van der Waals surface area (Å²) >= 11 is 0. The second-order valence-electron chi connectivity index (χ2n) is 15.2. The number of carbonyl (C=O) groups is 4. The molecule has 2 aromatic rings. The number of fused-ring (bicyclic) bond motifs is 4. The van der Waals surface area contributed by atoms with Crippen molar-refractivity contribution in [2.24, 2.45) is 5.92 Å². The fraction of sp³-hybridized carbons (Fsp3) is 0.610. The van der Waals surface area contributed by atoms with Gasteiger partial charge in [0.15, 0.2) is 0 Å². The molecule has 0 heterocycles. The van der Waals surface area contributed by atoms with Crippen molar-refractivity contribution in [3.63, 3.8) is 0 Å². The van der Waals surface area contributed by atoms with Crippen LogP contribution in [0.3, 0.4) is 0 Å². The van der Waals surface area contributed by atoms with E-state index in [1.54, 1.807) is 7.05 Å². The minimum atomic E-state index is -3.68. The van der Waals surface area contributed by atoms with Gasteiger partial charge < -0.3 is 36.2 Å². The number of hydrogen-bond donors (Lipinski definition) is 6. The average Bonchev–Trinajstić information content (AvgIpc) is 3.95. The Labute approximate surface area is 332 Å². The van der Waals surface area contributed by atoms with Gasteiger partial charge >= 0.3 is 12.1 Å². The van der Waals surface area contributed by atoms with Gasteiger partial charge in [0.2, 0.25) is 10.0 Å². The summed E-state index contributed by atoms with van der Waals surface area (Å²) in [5.74, 6) is -0.159. The van der Waals surface area contributed by atoms with E-state index < -0.39 is 16.1 Å². The van der Waals surface area contributed by atoms with E-state index in [0.29, 0.717) is 25.0 Å². The zero-order valence-electron chi connectivity index (χ0n) is 33.3. The highest BCUT2D eigenvalue weighted by atomic mass is 32.2. The van der Waals surface area contributed by atoms with Crippen LogP contribution in [0.4, 0.5) is 21.0 Å². The lowest BCUT2D eigenvalue weighted by atomic mass is 9.99. The molecule has 1 unspecified atom stereocenters. The lowest BCUT2D eigenvalue weighted by Crippen LogP contribution is -2.39. The van der Waals surface area contributed by atoms with Crippen molar-refractivity contribution in [1.82, 2.24) is 20.7 Å². The van der Waals surface area contributed by atoms with E-state index in [9.17, 15) is 22.8 Å². The van der Waals surface area contributed by atoms with Gasteiger partial charge in [-0.15, -0.1) is 0 Å². The molecular weight excluding hydrogens is 705 g/mol. The number of sulfonamides is 1. The molecule has 4 aliphatic carbocycles. The summed E-state index contributed by atoms with van der Waals surface area (Å²) in [6.07, 6.45) is 14.7. The molecule has 13 heteroatoms. The van der Waals surface area contributed by atoms with Gasteiger partial charge in [-0.3, -0.25) is 0 Å². The fourth-order valence-electron chi connectivity index (χ4n) is 7.73. The molecule has 0 fully saturated rings. The molecule has 0 bridgehead atoms. The normalized spacial score (nSPS) is 15.2. The zero-order chi connectivity index (χ0) is 39.8. The van der Waals surface area contributed by atoms with Gasteiger partial charge in [0.25, 0.3) is 0 Å². The van der Waals surface area contributed by atoms with E-state index >= 15 is 0 Å². The maximum absolute atomic E-state index is 12.5. The summed E-state index contributed by atoms with van der Waals surface area (Å²) in [4.78, 5) is 41.8. The highest BCUT2D eigenvalue weighted by molar-refractivity contribution is 7.90. The van der Waals surface area contributed by atoms with Crippen LogP contribution in [0.1, 0.15) is 120 Å². The first-order valence-electron chi connectivity index (χ1n) is 19.6. The van der Waals surface area contributed by atoms with Crippen molar-refractivity contribution in [3.05, 3.63) is 56.6 Å². The molecule has 6 N–H and O–H groups in total. The number of hydrogen-bond acceptors (Lipinski definition) is 8. The van der Waals surface area contributed by atoms with Crippen molar-refractivity contribution >= 4 is 46.5 Å². The molecule has 0 aromatic heterocycles. The average molecular weight is 781 g/mol. The molecule has 1 atom stereocenters. The van der Waals surface area contributed by atoms with E-state index in [0.717, 1.165) is 75.6 Å². The Morgan fingerprint density at radius 3 is 1.48 bits per heavy atom. The number of nitrogens with one attached hydrogen (secondary N) is 6. The zero-order valence-corrected chi connectivity index (χ0v) is 34.2. The number of aldehydes is 1. The minimum Gasteiger partial charge on any atom is -0.341 e. The van der Waals surface area contributed by atoms with E-state index in [4.69, 9.17) is 4.79 Å². The molecule has 0 saturated carbocycles. The molecule has 0 radical (unpaired) electrons. The maximum Gasteiger partial charge on any atom is 0.332 e. The van der Waals surface area contributed by atoms with Crippen LogP contribution in [-0.4, -0.2) is 71.5 Å². The number of rotatable bonds is 12. The molecule has 312 valence electrons. The van der Waals surface area contributed by atoms with E-state index in [-0.39, 0.29) is 26.3 Å². The molecule has 0 spiro atoms. The number of aryl methyl sites for hydroxylation is 4. The topological polar surface area (TPSA) is 175 Å². The molecule has 4 aliphatic rings. The lowest BCUT2D eigenvalue weighted by Gasteiger charge is -2.18. The fourth-order valence-corrected chi connectivity index (χ4v) is 9.02. The van der Waals surface area contributed by atoms with Crippen molar-refractivity contribution in [3.8, 4) is 0 Å². The number of anilines is 2. The third-order valence-electron chi connectivity index (χ3n) is 10.1. The summed E-state index contributed by atoms with van der Waals surface area (Å²) in [7, 11) is -2.01. The first-order valence-corrected chi connectivity index (χ1v) is 21.3. The highest BCUT2D eigenvalue weighted by Crippen LogP contribution is 2.39. The molecule has 0 saturated heterocycles. The van der Waals surface area contributed by atoms with Crippen LogP contribution >= 0.6 is 0 Å². The maximum atomic E-state index is 12.5. The van der Waals surface area contributed by atoms with Crippen LogP contribution in [0.5, 0.6) is 0 Å². The summed E-state index contributed by atoms with van der Waals surface area (Å²) in [6, 6.07) is 4.71. The Hall–Kier alpha value is -3.81. The first-order chi connectivity index (χ1) is 25.8. The molecular formula is C41H76N6O6S. The Kier molecular flexibility index (Phi) is 18.1. The van der Waals surface area contributed by atoms with Gasteiger partial charge in [-0.25, -0.2) is 22.7 Å². The van der Waals surface area contributed by atoms with Gasteiger partial charge in [0, 0.05) is 52.0 Å². The smallest absolute Gasteiger partial charge is 0.332 e. The summed E-state index contributed by atoms with van der Waals surface area (Å²) in [5, 5.41) is 14.9. The van der Waals surface area contributed by atoms with Crippen LogP contribution < -0.4 is 31.3 Å². The largest absolute Gasteiger partial charge is 0.341 e. The standard InChI is InChI=1S/C20H31N3O3S.C14H18N2O.C6H13NO.CH2O.6H2/c1-13(2)21-11-14(3)12-27(25,26)23-20(24)22-19-17-8-4-6-15(17)10-16-7-5-9-18(16)19;1-15-14(17)16-13-11-6-2-4-9(11)8-10-5-3-7-12(10)13;1-6(2)7-4-3-5-8;1-2;;;;;;/h10,13-14,21H,4-9,11-12H2,1-3H3,(H2,22,23,24);8H,2-7H2,1H3,(H2,15,16,17);5-7H,3-4H2,1-2H3;1H2;6*1H. The van der Waals surface area contributed by atoms with Crippen molar-refractivity contribution < 1.29 is 36.2 Å². The number of carbonyl (C=O) groups excluding carboxylic acids is 4. The quantitative estimate of drug-likeness (QED) is 0.0984. The van der Waals surface area contributed by atoms with Gasteiger partial charge in [0.1, 0.15) is 13.1 Å². The van der Waals surface area contributed by atoms with Crippen LogP contribution in [0.2, 0.25) is 0 Å². The van der Waals surface area contributed by atoms with Crippen LogP contribution in [-0.2, 0) is 71.0 Å². The summed E-state index contributed by atoms with van der Waals surface area (Å²) in [6.45, 7) is 13.4. The van der Waals surface area contributed by atoms with Gasteiger partial charge in [-0.2, -0.15) is 0 Å². The predicted octanol–water partition coefficient (Wildman–Crippen LogP) is 7.03. The molecule has 6 rings (SSSR count). The molecule has 4 amide bonds.